The quantitative estimate of drug-likeness (QED) is 0.610. The first-order chi connectivity index (χ1) is 8.54. The fraction of sp³-hybridized carbons (Fsp3) is 0.333. The number of carboxylic acid groups (broad SMARTS) is 1. The Labute approximate surface area is 104 Å². The molecule has 6 heteroatoms. The number of carbonyl (C=O) groups excluding carboxylic acids is 1. The van der Waals surface area contributed by atoms with E-state index in [0.717, 1.165) is 0 Å². The minimum atomic E-state index is -1.20. The Balaban J connectivity index is 3.28. The van der Waals surface area contributed by atoms with Gasteiger partial charge in [0.2, 0.25) is 5.75 Å². The van der Waals surface area contributed by atoms with Crippen LogP contribution < -0.4 is 14.2 Å². The summed E-state index contributed by atoms with van der Waals surface area (Å²) in [6.07, 6.45) is -0.605. The molecule has 0 bridgehead atoms. The molecule has 6 nitrogen and oxygen atoms in total. The van der Waals surface area contributed by atoms with Gasteiger partial charge in [-0.05, 0) is 12.1 Å². The van der Waals surface area contributed by atoms with E-state index >= 15 is 0 Å². The van der Waals surface area contributed by atoms with Gasteiger partial charge in [0.15, 0.2) is 17.3 Å². The number of ketones is 1. The van der Waals surface area contributed by atoms with Crippen LogP contribution in [0.1, 0.15) is 16.8 Å². The Hall–Kier alpha value is -2.24. The normalized spacial score (nSPS) is 9.72. The molecule has 0 spiro atoms. The molecular formula is C12H14O6. The van der Waals surface area contributed by atoms with Crippen LogP contribution >= 0.6 is 0 Å². The van der Waals surface area contributed by atoms with Crippen molar-refractivity contribution >= 4 is 11.8 Å². The van der Waals surface area contributed by atoms with E-state index in [2.05, 4.69) is 0 Å². The number of aliphatic carboxylic acids is 1. The van der Waals surface area contributed by atoms with Crippen molar-refractivity contribution in [1.29, 1.82) is 0 Å². The van der Waals surface area contributed by atoms with Gasteiger partial charge in [-0.2, -0.15) is 0 Å². The van der Waals surface area contributed by atoms with Crippen LogP contribution in [0.3, 0.4) is 0 Å². The van der Waals surface area contributed by atoms with Gasteiger partial charge in [0.05, 0.1) is 26.9 Å². The van der Waals surface area contributed by atoms with Crippen LogP contribution in [-0.2, 0) is 4.79 Å². The van der Waals surface area contributed by atoms with Crippen LogP contribution in [0.15, 0.2) is 12.1 Å². The van der Waals surface area contributed by atoms with Gasteiger partial charge in [0.25, 0.3) is 0 Å². The molecule has 0 saturated heterocycles. The van der Waals surface area contributed by atoms with Crippen molar-refractivity contribution in [3.63, 3.8) is 0 Å². The Bertz CT molecular complexity index is 466. The van der Waals surface area contributed by atoms with E-state index in [0.29, 0.717) is 5.75 Å². The molecule has 1 aromatic carbocycles. The first-order valence-electron chi connectivity index (χ1n) is 5.09. The predicted molar refractivity (Wildman–Crippen MR) is 62.7 cm³/mol. The Morgan fingerprint density at radius 3 is 2.11 bits per heavy atom. The van der Waals surface area contributed by atoms with Crippen LogP contribution in [0.5, 0.6) is 17.2 Å². The Morgan fingerprint density at radius 2 is 1.67 bits per heavy atom. The first kappa shape index (κ1) is 13.8. The standard InChI is InChI=1S/C12H14O6/c1-16-9-5-4-7(8(13)6-10(14)15)11(17-2)12(9)18-3/h4-5H,6H2,1-3H3,(H,14,15). The maximum atomic E-state index is 11.7. The Kier molecular flexibility index (Phi) is 4.53. The van der Waals surface area contributed by atoms with Gasteiger partial charge < -0.3 is 19.3 Å². The molecule has 0 heterocycles. The predicted octanol–water partition coefficient (Wildman–Crippen LogP) is 1.37. The van der Waals surface area contributed by atoms with Gasteiger partial charge in [0.1, 0.15) is 6.42 Å². The second-order valence-corrected chi connectivity index (χ2v) is 3.38. The number of hydrogen-bond acceptors (Lipinski definition) is 5. The van der Waals surface area contributed by atoms with Crippen molar-refractivity contribution in [2.24, 2.45) is 0 Å². The Morgan fingerprint density at radius 1 is 1.06 bits per heavy atom. The van der Waals surface area contributed by atoms with E-state index in [1.54, 1.807) is 0 Å². The zero-order valence-electron chi connectivity index (χ0n) is 10.4. The molecule has 18 heavy (non-hydrogen) atoms. The van der Waals surface area contributed by atoms with E-state index in [-0.39, 0.29) is 17.1 Å². The summed E-state index contributed by atoms with van der Waals surface area (Å²) >= 11 is 0. The lowest BCUT2D eigenvalue weighted by Gasteiger charge is -2.14. The zero-order valence-corrected chi connectivity index (χ0v) is 10.4. The largest absolute Gasteiger partial charge is 0.493 e. The average Bonchev–Trinajstić information content (AvgIpc) is 2.35. The summed E-state index contributed by atoms with van der Waals surface area (Å²) in [4.78, 5) is 22.3. The number of Topliss-reactive ketones (excluding diaryl/α,β-unsaturated/α-hetero) is 1. The van der Waals surface area contributed by atoms with E-state index in [1.165, 1.54) is 33.5 Å². The van der Waals surface area contributed by atoms with Crippen LogP contribution in [0, 0.1) is 0 Å². The van der Waals surface area contributed by atoms with Gasteiger partial charge in [-0.3, -0.25) is 9.59 Å². The molecule has 0 amide bonds. The summed E-state index contributed by atoms with van der Waals surface area (Å²) in [5.41, 5.74) is 0.151. The summed E-state index contributed by atoms with van der Waals surface area (Å²) in [5.74, 6) is -0.919. The second-order valence-electron chi connectivity index (χ2n) is 3.38. The van der Waals surface area contributed by atoms with Gasteiger partial charge in [-0.1, -0.05) is 0 Å². The molecule has 0 aliphatic rings. The van der Waals surface area contributed by atoms with Gasteiger partial charge >= 0.3 is 5.97 Å². The zero-order chi connectivity index (χ0) is 13.7. The smallest absolute Gasteiger partial charge is 0.311 e. The summed E-state index contributed by atoms with van der Waals surface area (Å²) < 4.78 is 15.3. The van der Waals surface area contributed by atoms with Crippen LogP contribution in [0.2, 0.25) is 0 Å². The maximum Gasteiger partial charge on any atom is 0.311 e. The topological polar surface area (TPSA) is 82.1 Å². The average molecular weight is 254 g/mol. The van der Waals surface area contributed by atoms with Crippen LogP contribution in [0.25, 0.3) is 0 Å². The number of hydrogen-bond donors (Lipinski definition) is 1. The van der Waals surface area contributed by atoms with Crippen molar-refractivity contribution in [2.75, 3.05) is 21.3 Å². The molecule has 1 N–H and O–H groups in total. The van der Waals surface area contributed by atoms with Crippen molar-refractivity contribution in [3.05, 3.63) is 17.7 Å². The third-order valence-electron chi connectivity index (χ3n) is 2.32. The summed E-state index contributed by atoms with van der Waals surface area (Å²) in [5, 5.41) is 8.62. The third kappa shape index (κ3) is 2.71. The lowest BCUT2D eigenvalue weighted by Crippen LogP contribution is -2.09. The highest BCUT2D eigenvalue weighted by Crippen LogP contribution is 2.40. The molecule has 0 atom stereocenters. The molecule has 0 aliphatic carbocycles. The number of ether oxygens (including phenoxy) is 3. The SMILES string of the molecule is COc1ccc(C(=O)CC(=O)O)c(OC)c1OC. The molecule has 1 rings (SSSR count). The van der Waals surface area contributed by atoms with Crippen LogP contribution in [-0.4, -0.2) is 38.2 Å². The minimum Gasteiger partial charge on any atom is -0.493 e. The first-order valence-corrected chi connectivity index (χ1v) is 5.09. The lowest BCUT2D eigenvalue weighted by molar-refractivity contribution is -0.135. The van der Waals surface area contributed by atoms with Crippen molar-refractivity contribution < 1.29 is 28.9 Å². The van der Waals surface area contributed by atoms with Crippen LogP contribution in [0.4, 0.5) is 0 Å². The molecule has 0 fully saturated rings. The fourth-order valence-electron chi connectivity index (χ4n) is 1.55. The third-order valence-corrected chi connectivity index (χ3v) is 2.32. The number of benzene rings is 1. The summed E-state index contributed by atoms with van der Waals surface area (Å²) in [7, 11) is 4.23. The summed E-state index contributed by atoms with van der Waals surface area (Å²) in [6, 6.07) is 2.97. The number of carboxylic acids is 1. The molecule has 0 aromatic heterocycles. The minimum absolute atomic E-state index is 0.151. The highest BCUT2D eigenvalue weighted by Gasteiger charge is 2.21. The number of carbonyl (C=O) groups is 2. The van der Waals surface area contributed by atoms with Crippen molar-refractivity contribution in [1.82, 2.24) is 0 Å². The summed E-state index contributed by atoms with van der Waals surface area (Å²) in [6.45, 7) is 0. The maximum absolute atomic E-state index is 11.7. The van der Waals surface area contributed by atoms with E-state index in [1.807, 2.05) is 0 Å². The molecule has 0 radical (unpaired) electrons. The van der Waals surface area contributed by atoms with Gasteiger partial charge in [-0.15, -0.1) is 0 Å². The molecule has 1 aromatic rings. The van der Waals surface area contributed by atoms with Gasteiger partial charge in [0, 0.05) is 0 Å². The highest BCUT2D eigenvalue weighted by molar-refractivity contribution is 6.07. The number of rotatable bonds is 6. The number of methoxy groups -OCH3 is 3. The highest BCUT2D eigenvalue weighted by atomic mass is 16.5. The van der Waals surface area contributed by atoms with Crippen molar-refractivity contribution in [3.8, 4) is 17.2 Å². The van der Waals surface area contributed by atoms with Crippen molar-refractivity contribution in [2.45, 2.75) is 6.42 Å². The lowest BCUT2D eigenvalue weighted by atomic mass is 10.1. The second kappa shape index (κ2) is 5.90. The van der Waals surface area contributed by atoms with E-state index < -0.39 is 18.2 Å². The van der Waals surface area contributed by atoms with Gasteiger partial charge in [-0.25, -0.2) is 0 Å². The molecule has 98 valence electrons. The van der Waals surface area contributed by atoms with E-state index in [9.17, 15) is 9.59 Å². The molecule has 0 saturated carbocycles. The monoisotopic (exact) mass is 254 g/mol. The molecule has 0 unspecified atom stereocenters. The molecule has 0 aliphatic heterocycles. The van der Waals surface area contributed by atoms with E-state index in [4.69, 9.17) is 19.3 Å². The molecular weight excluding hydrogens is 240 g/mol. The fourth-order valence-corrected chi connectivity index (χ4v) is 1.55.